The summed E-state index contributed by atoms with van der Waals surface area (Å²) in [5, 5.41) is 2.84. The summed E-state index contributed by atoms with van der Waals surface area (Å²) in [6.45, 7) is 5.61. The molecule has 1 aromatic heterocycles. The van der Waals surface area contributed by atoms with Gasteiger partial charge in [-0.1, -0.05) is 26.0 Å². The molecule has 1 aliphatic heterocycles. The zero-order chi connectivity index (χ0) is 21.0. The first-order chi connectivity index (χ1) is 13.9. The number of sulfonamides is 1. The van der Waals surface area contributed by atoms with E-state index in [9.17, 15) is 13.2 Å². The molecule has 158 valence electrons. The van der Waals surface area contributed by atoms with Crippen LogP contribution in [-0.4, -0.2) is 55.0 Å². The quantitative estimate of drug-likeness (QED) is 0.661. The van der Waals surface area contributed by atoms with Crippen molar-refractivity contribution in [3.05, 3.63) is 42.0 Å². The molecule has 0 fully saturated rings. The average molecular weight is 421 g/mol. The van der Waals surface area contributed by atoms with Gasteiger partial charge in [-0.2, -0.15) is 4.31 Å². The standard InChI is InChI=1S/C20H28N4O4S/c1-15(2)9-11-23-13-17-19(20(25)21-10-6-12-28-3)22-14-24(17)16-7-4-5-8-18(16)29(23,26)27/h4-5,7-8,14-15H,6,9-13H2,1-3H3,(H,21,25). The van der Waals surface area contributed by atoms with Gasteiger partial charge < -0.3 is 10.1 Å². The molecule has 0 unspecified atom stereocenters. The van der Waals surface area contributed by atoms with Gasteiger partial charge in [0.1, 0.15) is 11.2 Å². The number of carbonyl (C=O) groups excluding carboxylic acids is 1. The largest absolute Gasteiger partial charge is 0.385 e. The van der Waals surface area contributed by atoms with E-state index in [2.05, 4.69) is 24.1 Å². The van der Waals surface area contributed by atoms with Gasteiger partial charge >= 0.3 is 0 Å². The van der Waals surface area contributed by atoms with E-state index in [1.165, 1.54) is 10.6 Å². The Morgan fingerprint density at radius 2 is 2.07 bits per heavy atom. The van der Waals surface area contributed by atoms with Crippen molar-refractivity contribution in [2.45, 2.75) is 38.1 Å². The number of hydrogen-bond acceptors (Lipinski definition) is 5. The Morgan fingerprint density at radius 1 is 1.31 bits per heavy atom. The SMILES string of the molecule is COCCCNC(=O)c1ncn2c1CN(CCC(C)C)S(=O)(=O)c1ccccc1-2. The summed E-state index contributed by atoms with van der Waals surface area (Å²) in [6, 6.07) is 6.84. The minimum Gasteiger partial charge on any atom is -0.385 e. The van der Waals surface area contributed by atoms with Crippen molar-refractivity contribution in [1.29, 1.82) is 0 Å². The van der Waals surface area contributed by atoms with E-state index >= 15 is 0 Å². The highest BCUT2D eigenvalue weighted by Gasteiger charge is 2.34. The molecule has 3 rings (SSSR count). The summed E-state index contributed by atoms with van der Waals surface area (Å²) in [6.07, 6.45) is 2.95. The van der Waals surface area contributed by atoms with Gasteiger partial charge in [0.15, 0.2) is 5.69 Å². The monoisotopic (exact) mass is 420 g/mol. The highest BCUT2D eigenvalue weighted by Crippen LogP contribution is 2.31. The van der Waals surface area contributed by atoms with E-state index in [0.29, 0.717) is 43.4 Å². The number of rotatable bonds is 8. The first-order valence-corrected chi connectivity index (χ1v) is 11.2. The molecule has 0 spiro atoms. The second kappa shape index (κ2) is 9.06. The number of hydrogen-bond donors (Lipinski definition) is 1. The number of methoxy groups -OCH3 is 1. The molecule has 2 aromatic rings. The van der Waals surface area contributed by atoms with Gasteiger partial charge in [0.05, 0.1) is 17.9 Å². The Labute approximate surface area is 171 Å². The Balaban J connectivity index is 1.99. The Kier molecular flexibility index (Phi) is 6.71. The van der Waals surface area contributed by atoms with Gasteiger partial charge in [0.2, 0.25) is 10.0 Å². The van der Waals surface area contributed by atoms with Crippen molar-refractivity contribution >= 4 is 15.9 Å². The van der Waals surface area contributed by atoms with Crippen LogP contribution in [0.25, 0.3) is 5.69 Å². The van der Waals surface area contributed by atoms with E-state index in [0.717, 1.165) is 6.42 Å². The number of imidazole rings is 1. The molecule has 1 aliphatic rings. The molecule has 9 heteroatoms. The number of nitrogens with zero attached hydrogens (tertiary/aromatic N) is 3. The fourth-order valence-corrected chi connectivity index (χ4v) is 4.89. The number of amides is 1. The number of carbonyl (C=O) groups is 1. The van der Waals surface area contributed by atoms with Gasteiger partial charge in [0, 0.05) is 26.8 Å². The lowest BCUT2D eigenvalue weighted by Crippen LogP contribution is -2.33. The smallest absolute Gasteiger partial charge is 0.271 e. The fraction of sp³-hybridized carbons (Fsp3) is 0.500. The average Bonchev–Trinajstić information content (AvgIpc) is 3.08. The van der Waals surface area contributed by atoms with Crippen molar-refractivity contribution in [2.75, 3.05) is 26.8 Å². The van der Waals surface area contributed by atoms with E-state index in [4.69, 9.17) is 4.74 Å². The number of benzene rings is 1. The van der Waals surface area contributed by atoms with Gasteiger partial charge in [0.25, 0.3) is 5.91 Å². The summed E-state index contributed by atoms with van der Waals surface area (Å²) in [4.78, 5) is 17.2. The van der Waals surface area contributed by atoms with Gasteiger partial charge in [-0.25, -0.2) is 13.4 Å². The molecule has 0 radical (unpaired) electrons. The maximum Gasteiger partial charge on any atom is 0.271 e. The van der Waals surface area contributed by atoms with Gasteiger partial charge in [-0.15, -0.1) is 0 Å². The van der Waals surface area contributed by atoms with Crippen LogP contribution in [0.15, 0.2) is 35.5 Å². The predicted molar refractivity (Wildman–Crippen MR) is 109 cm³/mol. The van der Waals surface area contributed by atoms with Crippen molar-refractivity contribution < 1.29 is 17.9 Å². The molecule has 8 nitrogen and oxygen atoms in total. The topological polar surface area (TPSA) is 93.5 Å². The molecule has 1 amide bonds. The zero-order valence-corrected chi connectivity index (χ0v) is 17.9. The van der Waals surface area contributed by atoms with Crippen LogP contribution in [0, 0.1) is 5.92 Å². The minimum absolute atomic E-state index is 0.102. The Hall–Kier alpha value is -2.23. The lowest BCUT2D eigenvalue weighted by molar-refractivity contribution is 0.0942. The predicted octanol–water partition coefficient (Wildman–Crippen LogP) is 2.19. The summed E-state index contributed by atoms with van der Waals surface area (Å²) in [7, 11) is -2.07. The molecule has 0 saturated carbocycles. The molecule has 0 aliphatic carbocycles. The summed E-state index contributed by atoms with van der Waals surface area (Å²) >= 11 is 0. The van der Waals surface area contributed by atoms with E-state index in [1.807, 2.05) is 0 Å². The number of aromatic nitrogens is 2. The molecule has 29 heavy (non-hydrogen) atoms. The normalized spacial score (nSPS) is 15.6. The second-order valence-electron chi connectivity index (χ2n) is 7.50. The van der Waals surface area contributed by atoms with Crippen molar-refractivity contribution in [2.24, 2.45) is 5.92 Å². The number of para-hydroxylation sites is 1. The number of ether oxygens (including phenoxy) is 1. The van der Waals surface area contributed by atoms with Crippen LogP contribution in [0.3, 0.4) is 0 Å². The van der Waals surface area contributed by atoms with Crippen LogP contribution in [0.1, 0.15) is 42.9 Å². The number of fused-ring (bicyclic) bond motifs is 3. The molecule has 2 heterocycles. The molecular weight excluding hydrogens is 392 g/mol. The lowest BCUT2D eigenvalue weighted by atomic mass is 10.1. The lowest BCUT2D eigenvalue weighted by Gasteiger charge is -2.21. The summed E-state index contributed by atoms with van der Waals surface area (Å²) in [5.41, 5.74) is 1.34. The highest BCUT2D eigenvalue weighted by atomic mass is 32.2. The van der Waals surface area contributed by atoms with Crippen LogP contribution < -0.4 is 5.32 Å². The zero-order valence-electron chi connectivity index (χ0n) is 17.1. The van der Waals surface area contributed by atoms with Crippen molar-refractivity contribution in [3.63, 3.8) is 0 Å². The molecule has 0 atom stereocenters. The Morgan fingerprint density at radius 3 is 2.79 bits per heavy atom. The fourth-order valence-electron chi connectivity index (χ4n) is 3.29. The molecule has 1 N–H and O–H groups in total. The maximum absolute atomic E-state index is 13.3. The van der Waals surface area contributed by atoms with E-state index < -0.39 is 10.0 Å². The van der Waals surface area contributed by atoms with Crippen LogP contribution in [0.5, 0.6) is 0 Å². The Bertz CT molecular complexity index is 969. The summed E-state index contributed by atoms with van der Waals surface area (Å²) in [5.74, 6) is 0.0487. The van der Waals surface area contributed by atoms with Crippen LogP contribution in [0.2, 0.25) is 0 Å². The molecule has 1 aromatic carbocycles. The second-order valence-corrected chi connectivity index (χ2v) is 9.41. The van der Waals surface area contributed by atoms with Gasteiger partial charge in [-0.3, -0.25) is 9.36 Å². The van der Waals surface area contributed by atoms with Crippen LogP contribution in [0.4, 0.5) is 0 Å². The van der Waals surface area contributed by atoms with Crippen LogP contribution in [-0.2, 0) is 21.3 Å². The highest BCUT2D eigenvalue weighted by molar-refractivity contribution is 7.89. The molecule has 0 saturated heterocycles. The van der Waals surface area contributed by atoms with Crippen LogP contribution >= 0.6 is 0 Å². The van der Waals surface area contributed by atoms with E-state index in [1.54, 1.807) is 35.9 Å². The minimum atomic E-state index is -3.68. The first-order valence-electron chi connectivity index (χ1n) is 9.79. The third kappa shape index (κ3) is 4.52. The van der Waals surface area contributed by atoms with Gasteiger partial charge in [-0.05, 0) is 30.9 Å². The first kappa shape index (κ1) is 21.5. The molecular formula is C20H28N4O4S. The third-order valence-corrected chi connectivity index (χ3v) is 6.81. The summed E-state index contributed by atoms with van der Waals surface area (Å²) < 4.78 is 34.8. The van der Waals surface area contributed by atoms with Crippen molar-refractivity contribution in [3.8, 4) is 5.69 Å². The van der Waals surface area contributed by atoms with Crippen molar-refractivity contribution in [1.82, 2.24) is 19.2 Å². The van der Waals surface area contributed by atoms with E-state index in [-0.39, 0.29) is 23.0 Å². The molecule has 0 bridgehead atoms. The number of nitrogens with one attached hydrogen (secondary N) is 1. The third-order valence-electron chi connectivity index (χ3n) is 4.92. The maximum atomic E-state index is 13.3.